The molecule has 1 atom stereocenters. The number of hydrogen-bond donors (Lipinski definition) is 0. The minimum atomic E-state index is 0.00748. The number of carbonyl (C=O) groups excluding carboxylic acids is 1. The molecule has 3 aromatic rings. The third-order valence-corrected chi connectivity index (χ3v) is 5.87. The van der Waals surface area contributed by atoms with Crippen LogP contribution < -0.4 is 0 Å². The van der Waals surface area contributed by atoms with Gasteiger partial charge in [-0.05, 0) is 37.1 Å². The Bertz CT molecular complexity index is 929. The fourth-order valence-electron chi connectivity index (χ4n) is 2.63. The summed E-state index contributed by atoms with van der Waals surface area (Å²) in [6.45, 7) is 3.98. The summed E-state index contributed by atoms with van der Waals surface area (Å²) in [6.07, 6.45) is 1.63. The summed E-state index contributed by atoms with van der Waals surface area (Å²) < 4.78 is 1.84. The van der Waals surface area contributed by atoms with Crippen LogP contribution in [0, 0.1) is 6.92 Å². The van der Waals surface area contributed by atoms with Crippen LogP contribution in [0.25, 0.3) is 5.69 Å². The van der Waals surface area contributed by atoms with Gasteiger partial charge in [0.25, 0.3) is 0 Å². The molecule has 0 aliphatic rings. The van der Waals surface area contributed by atoms with Crippen molar-refractivity contribution < 1.29 is 4.79 Å². The smallest absolute Gasteiger partial charge is 0.233 e. The molecular weight excluding hydrogens is 380 g/mol. The molecular formula is C20H21ClN4OS. The molecule has 1 amide bonds. The molecule has 3 rings (SSSR count). The highest BCUT2D eigenvalue weighted by Crippen LogP contribution is 2.25. The van der Waals surface area contributed by atoms with Gasteiger partial charge in [0.15, 0.2) is 5.16 Å². The topological polar surface area (TPSA) is 51.0 Å². The SMILES string of the molecule is Cc1ccc(-n2cnnc2SCC(=O)N(C)[C@@H](C)c2ccccc2)cc1Cl. The highest BCUT2D eigenvalue weighted by atomic mass is 35.5. The lowest BCUT2D eigenvalue weighted by molar-refractivity contribution is -0.128. The van der Waals surface area contributed by atoms with Gasteiger partial charge in [-0.15, -0.1) is 10.2 Å². The maximum absolute atomic E-state index is 12.6. The second-order valence-electron chi connectivity index (χ2n) is 6.30. The molecule has 0 aliphatic heterocycles. The van der Waals surface area contributed by atoms with Gasteiger partial charge < -0.3 is 4.90 Å². The van der Waals surface area contributed by atoms with Crippen molar-refractivity contribution >= 4 is 29.3 Å². The molecule has 7 heteroatoms. The normalized spacial score (nSPS) is 12.0. The summed E-state index contributed by atoms with van der Waals surface area (Å²) in [5.74, 6) is 0.319. The largest absolute Gasteiger partial charge is 0.338 e. The minimum Gasteiger partial charge on any atom is -0.338 e. The first-order valence-corrected chi connectivity index (χ1v) is 9.93. The van der Waals surface area contributed by atoms with Gasteiger partial charge in [-0.2, -0.15) is 0 Å². The molecule has 0 spiro atoms. The fraction of sp³-hybridized carbons (Fsp3) is 0.250. The maximum Gasteiger partial charge on any atom is 0.233 e. The van der Waals surface area contributed by atoms with Gasteiger partial charge in [0.05, 0.1) is 17.5 Å². The third-order valence-electron chi connectivity index (χ3n) is 4.53. The van der Waals surface area contributed by atoms with Crippen molar-refractivity contribution in [2.75, 3.05) is 12.8 Å². The number of nitrogens with zero attached hydrogens (tertiary/aromatic N) is 4. The third kappa shape index (κ3) is 4.51. The molecule has 0 bridgehead atoms. The Morgan fingerprint density at radius 1 is 1.26 bits per heavy atom. The van der Waals surface area contributed by atoms with Gasteiger partial charge >= 0.3 is 0 Å². The fourth-order valence-corrected chi connectivity index (χ4v) is 3.66. The monoisotopic (exact) mass is 400 g/mol. The van der Waals surface area contributed by atoms with E-state index in [0.717, 1.165) is 16.8 Å². The number of aromatic nitrogens is 3. The summed E-state index contributed by atoms with van der Waals surface area (Å²) in [7, 11) is 1.82. The first-order valence-electron chi connectivity index (χ1n) is 8.57. The Kier molecular flexibility index (Phi) is 6.19. The van der Waals surface area contributed by atoms with Crippen molar-refractivity contribution in [3.05, 3.63) is 71.0 Å². The van der Waals surface area contributed by atoms with E-state index in [1.54, 1.807) is 11.2 Å². The van der Waals surface area contributed by atoms with Gasteiger partial charge in [0.1, 0.15) is 6.33 Å². The number of benzene rings is 2. The lowest BCUT2D eigenvalue weighted by Gasteiger charge is -2.25. The molecule has 1 aromatic heterocycles. The van der Waals surface area contributed by atoms with Gasteiger partial charge in [-0.1, -0.05) is 59.8 Å². The van der Waals surface area contributed by atoms with Crippen LogP contribution in [-0.4, -0.2) is 38.4 Å². The van der Waals surface area contributed by atoms with Crippen LogP contribution in [-0.2, 0) is 4.79 Å². The quantitative estimate of drug-likeness (QED) is 0.570. The Balaban J connectivity index is 1.68. The molecule has 0 radical (unpaired) electrons. The van der Waals surface area contributed by atoms with E-state index in [4.69, 9.17) is 11.6 Å². The highest BCUT2D eigenvalue weighted by molar-refractivity contribution is 7.99. The van der Waals surface area contributed by atoms with E-state index >= 15 is 0 Å². The minimum absolute atomic E-state index is 0.00748. The van der Waals surface area contributed by atoms with E-state index in [2.05, 4.69) is 10.2 Å². The maximum atomic E-state index is 12.6. The summed E-state index contributed by atoms with van der Waals surface area (Å²) in [5.41, 5.74) is 2.99. The van der Waals surface area contributed by atoms with Gasteiger partial charge in [0, 0.05) is 12.1 Å². The number of hydrogen-bond acceptors (Lipinski definition) is 4. The first kappa shape index (κ1) is 19.5. The van der Waals surface area contributed by atoms with Crippen LogP contribution in [0.3, 0.4) is 0 Å². The summed E-state index contributed by atoms with van der Waals surface area (Å²) in [6, 6.07) is 15.8. The van der Waals surface area contributed by atoms with Gasteiger partial charge in [-0.3, -0.25) is 9.36 Å². The number of amides is 1. The predicted molar refractivity (Wildman–Crippen MR) is 109 cm³/mol. The van der Waals surface area contributed by atoms with Crippen LogP contribution in [0.1, 0.15) is 24.1 Å². The molecule has 0 N–H and O–H groups in total. The van der Waals surface area contributed by atoms with E-state index in [0.29, 0.717) is 10.2 Å². The molecule has 0 saturated heterocycles. The second kappa shape index (κ2) is 8.59. The van der Waals surface area contributed by atoms with E-state index in [-0.39, 0.29) is 17.7 Å². The molecule has 0 aliphatic carbocycles. The Morgan fingerprint density at radius 2 is 2.00 bits per heavy atom. The zero-order valence-corrected chi connectivity index (χ0v) is 17.0. The average molecular weight is 401 g/mol. The molecule has 140 valence electrons. The Labute approximate surface area is 168 Å². The van der Waals surface area contributed by atoms with Gasteiger partial charge in [0.2, 0.25) is 5.91 Å². The van der Waals surface area contributed by atoms with Crippen LogP contribution in [0.4, 0.5) is 0 Å². The van der Waals surface area contributed by atoms with Crippen LogP contribution in [0.5, 0.6) is 0 Å². The Hall–Kier alpha value is -2.31. The average Bonchev–Trinajstić information content (AvgIpc) is 3.16. The molecule has 2 aromatic carbocycles. The molecule has 0 saturated carbocycles. The summed E-state index contributed by atoms with van der Waals surface area (Å²) in [4.78, 5) is 14.4. The van der Waals surface area contributed by atoms with Crippen LogP contribution >= 0.6 is 23.4 Å². The zero-order chi connectivity index (χ0) is 19.4. The van der Waals surface area contributed by atoms with Crippen molar-refractivity contribution in [1.29, 1.82) is 0 Å². The lowest BCUT2D eigenvalue weighted by atomic mass is 10.1. The number of thioether (sulfide) groups is 1. The first-order chi connectivity index (χ1) is 13.0. The molecule has 5 nitrogen and oxygen atoms in total. The lowest BCUT2D eigenvalue weighted by Crippen LogP contribution is -2.31. The summed E-state index contributed by atoms with van der Waals surface area (Å²) >= 11 is 7.59. The second-order valence-corrected chi connectivity index (χ2v) is 7.65. The molecule has 1 heterocycles. The molecule has 0 unspecified atom stereocenters. The number of carbonyl (C=O) groups is 1. The van der Waals surface area contributed by atoms with Crippen molar-refractivity contribution in [2.24, 2.45) is 0 Å². The van der Waals surface area contributed by atoms with Crippen molar-refractivity contribution in [3.63, 3.8) is 0 Å². The van der Waals surface area contributed by atoms with E-state index in [1.165, 1.54) is 11.8 Å². The van der Waals surface area contributed by atoms with Crippen LogP contribution in [0.2, 0.25) is 5.02 Å². The number of halogens is 1. The van der Waals surface area contributed by atoms with Crippen molar-refractivity contribution in [2.45, 2.75) is 25.0 Å². The molecule has 0 fully saturated rings. The highest BCUT2D eigenvalue weighted by Gasteiger charge is 2.18. The molecule has 27 heavy (non-hydrogen) atoms. The zero-order valence-electron chi connectivity index (χ0n) is 15.5. The van der Waals surface area contributed by atoms with Crippen molar-refractivity contribution in [3.8, 4) is 5.69 Å². The predicted octanol–water partition coefficient (Wildman–Crippen LogP) is 4.54. The van der Waals surface area contributed by atoms with E-state index < -0.39 is 0 Å². The van der Waals surface area contributed by atoms with E-state index in [9.17, 15) is 4.79 Å². The summed E-state index contributed by atoms with van der Waals surface area (Å²) in [5, 5.41) is 9.46. The van der Waals surface area contributed by atoms with E-state index in [1.807, 2.05) is 74.0 Å². The standard InChI is InChI=1S/C20H21ClN4OS/c1-14-9-10-17(11-18(14)21)25-13-22-23-20(25)27-12-19(26)24(3)15(2)16-7-5-4-6-8-16/h4-11,13,15H,12H2,1-3H3/t15-/m0/s1. The number of rotatable bonds is 6. The van der Waals surface area contributed by atoms with Crippen molar-refractivity contribution in [1.82, 2.24) is 19.7 Å². The van der Waals surface area contributed by atoms with Gasteiger partial charge in [-0.25, -0.2) is 0 Å². The number of aryl methyl sites for hydroxylation is 1. The van der Waals surface area contributed by atoms with Crippen LogP contribution in [0.15, 0.2) is 60.0 Å². The Morgan fingerprint density at radius 3 is 2.70 bits per heavy atom.